The number of carbonyl (C=O) groups is 1. The molecule has 0 heterocycles. The van der Waals surface area contributed by atoms with E-state index in [-0.39, 0.29) is 12.8 Å². The summed E-state index contributed by atoms with van der Waals surface area (Å²) in [7, 11) is 0. The van der Waals surface area contributed by atoms with Crippen molar-refractivity contribution in [3.8, 4) is 0 Å². The molecule has 0 unspecified atom stereocenters. The van der Waals surface area contributed by atoms with E-state index < -0.39 is 25.1 Å². The molecule has 0 amide bonds. The highest BCUT2D eigenvalue weighted by Gasteiger charge is 1.96. The summed E-state index contributed by atoms with van der Waals surface area (Å²) in [5, 5.41) is 8.53. The summed E-state index contributed by atoms with van der Waals surface area (Å²) in [6.45, 7) is 1.98. The molecule has 0 saturated heterocycles. The Morgan fingerprint density at radius 1 is 0.889 bits per heavy atom. The fourth-order valence-electron chi connectivity index (χ4n) is 1.72. The SMILES string of the molecule is [2H][C@H](CCCC)C([2H])([2H])C([2H])([2H])CCCCCCCCC(=O)O. The monoisotopic (exact) mass is 261 g/mol. The number of rotatable bonds is 14. The molecule has 0 aromatic heterocycles. The number of carboxylic acids is 1. The molecule has 2 nitrogen and oxygen atoms in total. The second-order valence-electron chi connectivity index (χ2n) is 4.68. The zero-order valence-corrected chi connectivity index (χ0v) is 11.7. The van der Waals surface area contributed by atoms with Crippen LogP contribution in [0.15, 0.2) is 0 Å². The number of hydrogen-bond donors (Lipinski definition) is 1. The minimum absolute atomic E-state index is 0.136. The van der Waals surface area contributed by atoms with Gasteiger partial charge in [0.1, 0.15) is 0 Å². The molecule has 0 saturated carbocycles. The predicted molar refractivity (Wildman–Crippen MR) is 77.9 cm³/mol. The molecule has 0 radical (unpaired) electrons. The van der Waals surface area contributed by atoms with Crippen LogP contribution in [-0.4, -0.2) is 11.1 Å². The Balaban J connectivity index is 4.00. The van der Waals surface area contributed by atoms with Gasteiger partial charge in [0.15, 0.2) is 0 Å². The van der Waals surface area contributed by atoms with Gasteiger partial charge in [-0.2, -0.15) is 0 Å². The van der Waals surface area contributed by atoms with Gasteiger partial charge in [0.25, 0.3) is 0 Å². The number of unbranched alkanes of at least 4 members (excludes halogenated alkanes) is 6. The smallest absolute Gasteiger partial charge is 0.303 e. The highest BCUT2D eigenvalue weighted by Crippen LogP contribution is 2.12. The van der Waals surface area contributed by atoms with Gasteiger partial charge in [0.2, 0.25) is 0 Å². The van der Waals surface area contributed by atoms with E-state index in [9.17, 15) is 4.79 Å². The second kappa shape index (κ2) is 14.5. The van der Waals surface area contributed by atoms with Gasteiger partial charge in [0, 0.05) is 13.3 Å². The fourth-order valence-corrected chi connectivity index (χ4v) is 1.72. The standard InChI is InChI=1S/C16H32O2/c1-2-3-4-5-6-7-8-9-10-11-12-13-14-15-16(17)18/h2-15H2,1H3,(H,17,18)/i5D,6D2,7D2/t5-/m1/s1. The van der Waals surface area contributed by atoms with Gasteiger partial charge in [-0.3, -0.25) is 4.79 Å². The highest BCUT2D eigenvalue weighted by molar-refractivity contribution is 5.66. The highest BCUT2D eigenvalue weighted by atomic mass is 16.4. The Morgan fingerprint density at radius 3 is 2.11 bits per heavy atom. The average Bonchev–Trinajstić information content (AvgIpc) is 2.46. The van der Waals surface area contributed by atoms with E-state index >= 15 is 0 Å². The zero-order chi connectivity index (χ0) is 17.9. The molecule has 2 heteroatoms. The maximum absolute atomic E-state index is 10.4. The van der Waals surface area contributed by atoms with Gasteiger partial charge in [-0.05, 0) is 6.42 Å². The lowest BCUT2D eigenvalue weighted by Crippen LogP contribution is -1.93. The van der Waals surface area contributed by atoms with Gasteiger partial charge in [-0.15, -0.1) is 0 Å². The van der Waals surface area contributed by atoms with E-state index in [4.69, 9.17) is 12.0 Å². The molecule has 0 aliphatic heterocycles. The summed E-state index contributed by atoms with van der Waals surface area (Å²) in [6.07, 6.45) is 2.06. The molecule has 18 heavy (non-hydrogen) atoms. The topological polar surface area (TPSA) is 37.3 Å². The molecule has 0 fully saturated rings. The molecular weight excluding hydrogens is 224 g/mol. The Labute approximate surface area is 120 Å². The molecule has 0 rings (SSSR count). The first-order valence-electron chi connectivity index (χ1n) is 9.87. The van der Waals surface area contributed by atoms with Crippen molar-refractivity contribution >= 4 is 5.97 Å². The first-order chi connectivity index (χ1) is 10.6. The van der Waals surface area contributed by atoms with Crippen LogP contribution in [0, 0.1) is 0 Å². The van der Waals surface area contributed by atoms with E-state index in [0.717, 1.165) is 38.5 Å². The van der Waals surface area contributed by atoms with Crippen LogP contribution >= 0.6 is 0 Å². The maximum Gasteiger partial charge on any atom is 0.303 e. The Bertz CT molecular complexity index is 334. The van der Waals surface area contributed by atoms with Crippen molar-refractivity contribution in [2.45, 2.75) is 96.7 Å². The third kappa shape index (κ3) is 15.5. The minimum atomic E-state index is -2.12. The van der Waals surface area contributed by atoms with E-state index in [1.54, 1.807) is 0 Å². The summed E-state index contributed by atoms with van der Waals surface area (Å²) < 4.78 is 39.8. The van der Waals surface area contributed by atoms with Gasteiger partial charge in [-0.25, -0.2) is 0 Å². The maximum atomic E-state index is 10.4. The van der Waals surface area contributed by atoms with Crippen LogP contribution in [0.2, 0.25) is 0 Å². The molecule has 1 N–H and O–H groups in total. The molecule has 108 valence electrons. The largest absolute Gasteiger partial charge is 0.481 e. The first kappa shape index (κ1) is 10.3. The third-order valence-corrected chi connectivity index (χ3v) is 2.85. The van der Waals surface area contributed by atoms with E-state index in [1.165, 1.54) is 0 Å². The Kier molecular flexibility index (Phi) is 8.30. The van der Waals surface area contributed by atoms with Crippen molar-refractivity contribution in [2.24, 2.45) is 0 Å². The van der Waals surface area contributed by atoms with Crippen molar-refractivity contribution < 1.29 is 16.8 Å². The van der Waals surface area contributed by atoms with Gasteiger partial charge in [-0.1, -0.05) is 83.9 Å². The normalized spacial score (nSPS) is 18.2. The van der Waals surface area contributed by atoms with Crippen LogP contribution in [0.3, 0.4) is 0 Å². The Hall–Kier alpha value is -0.530. The van der Waals surface area contributed by atoms with Crippen LogP contribution < -0.4 is 0 Å². The van der Waals surface area contributed by atoms with Crippen LogP contribution in [0.1, 0.15) is 104 Å². The van der Waals surface area contributed by atoms with E-state index in [0.29, 0.717) is 19.3 Å². The molecule has 0 bridgehead atoms. The fraction of sp³-hybridized carbons (Fsp3) is 0.938. The van der Waals surface area contributed by atoms with E-state index in [2.05, 4.69) is 0 Å². The second-order valence-corrected chi connectivity index (χ2v) is 4.68. The van der Waals surface area contributed by atoms with Gasteiger partial charge in [0.05, 0.1) is 0 Å². The van der Waals surface area contributed by atoms with Gasteiger partial charge < -0.3 is 5.11 Å². The van der Waals surface area contributed by atoms with Crippen molar-refractivity contribution in [1.29, 1.82) is 0 Å². The molecule has 0 aliphatic carbocycles. The van der Waals surface area contributed by atoms with Crippen LogP contribution in [-0.2, 0) is 4.79 Å². The molecule has 0 aliphatic rings. The summed E-state index contributed by atoms with van der Waals surface area (Å²) in [4.78, 5) is 10.4. The lowest BCUT2D eigenvalue weighted by Gasteiger charge is -2.02. The Morgan fingerprint density at radius 2 is 1.50 bits per heavy atom. The number of aliphatic carboxylic acids is 1. The van der Waals surface area contributed by atoms with Crippen molar-refractivity contribution in [3.05, 3.63) is 0 Å². The molecule has 0 aromatic carbocycles. The quantitative estimate of drug-likeness (QED) is 0.416. The average molecular weight is 261 g/mol. The van der Waals surface area contributed by atoms with Crippen LogP contribution in [0.4, 0.5) is 0 Å². The van der Waals surface area contributed by atoms with E-state index in [1.807, 2.05) is 6.92 Å². The lowest BCUT2D eigenvalue weighted by molar-refractivity contribution is -0.137. The summed E-state index contributed by atoms with van der Waals surface area (Å²) in [5.41, 5.74) is 0. The van der Waals surface area contributed by atoms with Crippen molar-refractivity contribution in [2.75, 3.05) is 0 Å². The molecule has 0 aromatic rings. The summed E-state index contributed by atoms with van der Waals surface area (Å²) >= 11 is 0. The summed E-state index contributed by atoms with van der Waals surface area (Å²) in [5.74, 6) is -0.770. The van der Waals surface area contributed by atoms with Crippen LogP contribution in [0.25, 0.3) is 0 Å². The van der Waals surface area contributed by atoms with Crippen molar-refractivity contribution in [1.82, 2.24) is 0 Å². The van der Waals surface area contributed by atoms with Gasteiger partial charge >= 0.3 is 5.97 Å². The number of carboxylic acid groups (broad SMARTS) is 1. The van der Waals surface area contributed by atoms with Crippen molar-refractivity contribution in [3.63, 3.8) is 0 Å². The lowest BCUT2D eigenvalue weighted by atomic mass is 10.0. The zero-order valence-electron chi connectivity index (χ0n) is 16.7. The first-order valence-corrected chi connectivity index (χ1v) is 7.29. The molecule has 1 atom stereocenters. The van der Waals surface area contributed by atoms with Crippen LogP contribution in [0.5, 0.6) is 0 Å². The predicted octanol–water partition coefficient (Wildman–Crippen LogP) is 5.55. The molecule has 0 spiro atoms. The summed E-state index contributed by atoms with van der Waals surface area (Å²) in [6, 6.07) is 0. The third-order valence-electron chi connectivity index (χ3n) is 2.85. The minimum Gasteiger partial charge on any atom is -0.481 e. The molecular formula is C16H32O2. The number of hydrogen-bond acceptors (Lipinski definition) is 1.